The molecule has 0 saturated carbocycles. The zero-order valence-corrected chi connectivity index (χ0v) is 20.8. The molecule has 2 aromatic carbocycles. The number of hydrogen-bond acceptors (Lipinski definition) is 4. The topological polar surface area (TPSA) is 83.6 Å². The van der Waals surface area contributed by atoms with Crippen LogP contribution in [0, 0.1) is 25.7 Å². The first-order chi connectivity index (χ1) is 15.0. The van der Waals surface area contributed by atoms with Crippen molar-refractivity contribution in [2.75, 3.05) is 19.6 Å². The van der Waals surface area contributed by atoms with Crippen LogP contribution in [-0.4, -0.2) is 40.8 Å². The molecule has 172 valence electrons. The molecule has 2 aromatic rings. The molecule has 0 aromatic heterocycles. The Morgan fingerprint density at radius 2 is 1.34 bits per heavy atom. The van der Waals surface area contributed by atoms with Gasteiger partial charge in [-0.3, -0.25) is 0 Å². The Morgan fingerprint density at radius 1 is 0.844 bits per heavy atom. The Hall–Kier alpha value is -2.44. The Balaban J connectivity index is 2.21. The lowest BCUT2D eigenvalue weighted by atomic mass is 10.1. The maximum atomic E-state index is 13.2. The minimum Gasteiger partial charge on any atom is -0.207 e. The largest absolute Gasteiger partial charge is 0.244 e. The van der Waals surface area contributed by atoms with E-state index in [4.69, 9.17) is 0 Å². The highest BCUT2D eigenvalue weighted by atomic mass is 32.2. The molecule has 0 heterocycles. The van der Waals surface area contributed by atoms with E-state index in [1.54, 1.807) is 69.3 Å². The van der Waals surface area contributed by atoms with Crippen LogP contribution in [0.1, 0.15) is 31.9 Å². The lowest BCUT2D eigenvalue weighted by Gasteiger charge is -2.22. The van der Waals surface area contributed by atoms with E-state index in [9.17, 15) is 16.8 Å². The van der Waals surface area contributed by atoms with Gasteiger partial charge < -0.3 is 0 Å². The van der Waals surface area contributed by atoms with Crippen molar-refractivity contribution >= 4 is 20.0 Å². The summed E-state index contributed by atoms with van der Waals surface area (Å²) < 4.78 is 55.3. The Kier molecular flexibility index (Phi) is 8.81. The van der Waals surface area contributed by atoms with E-state index < -0.39 is 20.0 Å². The first-order valence-corrected chi connectivity index (χ1v) is 13.1. The van der Waals surface area contributed by atoms with Crippen molar-refractivity contribution in [2.45, 2.75) is 44.4 Å². The molecule has 0 atom stereocenters. The Bertz CT molecular complexity index is 1230. The monoisotopic (exact) mass is 474 g/mol. The molecule has 0 spiro atoms. The van der Waals surface area contributed by atoms with Gasteiger partial charge in [0, 0.05) is 13.1 Å². The molecular formula is C24H30N2O4S2. The molecule has 0 amide bonds. The second-order valence-corrected chi connectivity index (χ2v) is 11.4. The molecule has 2 rings (SSSR count). The summed E-state index contributed by atoms with van der Waals surface area (Å²) in [4.78, 5) is 0.391. The zero-order chi connectivity index (χ0) is 23.9. The third-order valence-electron chi connectivity index (χ3n) is 5.09. The number of rotatable bonds is 9. The van der Waals surface area contributed by atoms with Gasteiger partial charge >= 0.3 is 0 Å². The summed E-state index contributed by atoms with van der Waals surface area (Å²) in [6.45, 7) is 9.27. The highest BCUT2D eigenvalue weighted by Gasteiger charge is 2.24. The molecule has 0 bridgehead atoms. The average molecular weight is 475 g/mol. The number of benzene rings is 2. The summed E-state index contributed by atoms with van der Waals surface area (Å²) in [6.07, 6.45) is 0. The van der Waals surface area contributed by atoms with Crippen molar-refractivity contribution in [2.24, 2.45) is 0 Å². The van der Waals surface area contributed by atoms with Crippen LogP contribution in [-0.2, 0) is 20.0 Å². The average Bonchev–Trinajstić information content (AvgIpc) is 2.75. The van der Waals surface area contributed by atoms with Crippen LogP contribution in [0.25, 0.3) is 0 Å². The molecule has 0 aliphatic rings. The molecular weight excluding hydrogens is 444 g/mol. The van der Waals surface area contributed by atoms with Gasteiger partial charge in [0.25, 0.3) is 0 Å². The van der Waals surface area contributed by atoms with Gasteiger partial charge in [-0.05, 0) is 58.9 Å². The Labute approximate surface area is 192 Å². The van der Waals surface area contributed by atoms with E-state index in [1.165, 1.54) is 4.31 Å². The van der Waals surface area contributed by atoms with Crippen molar-refractivity contribution in [1.82, 2.24) is 9.03 Å². The van der Waals surface area contributed by atoms with Gasteiger partial charge in [0.2, 0.25) is 20.0 Å². The van der Waals surface area contributed by atoms with Crippen molar-refractivity contribution in [1.29, 1.82) is 0 Å². The van der Waals surface area contributed by atoms with Crippen molar-refractivity contribution < 1.29 is 16.8 Å². The second-order valence-electron chi connectivity index (χ2n) is 7.71. The summed E-state index contributed by atoms with van der Waals surface area (Å²) in [5, 5.41) is 0. The van der Waals surface area contributed by atoms with Gasteiger partial charge in [0.15, 0.2) is 0 Å². The van der Waals surface area contributed by atoms with E-state index >= 15 is 0 Å². The maximum absolute atomic E-state index is 13.2. The second kappa shape index (κ2) is 10.9. The number of hydrogen-bond donors (Lipinski definition) is 1. The van der Waals surface area contributed by atoms with Gasteiger partial charge in [-0.2, -0.15) is 4.31 Å². The highest BCUT2D eigenvalue weighted by molar-refractivity contribution is 7.89. The van der Waals surface area contributed by atoms with Crippen LogP contribution >= 0.6 is 0 Å². The predicted octanol–water partition coefficient (Wildman–Crippen LogP) is 3.63. The van der Waals surface area contributed by atoms with Crippen LogP contribution in [0.5, 0.6) is 0 Å². The smallest absolute Gasteiger partial charge is 0.207 e. The van der Waals surface area contributed by atoms with Gasteiger partial charge in [-0.1, -0.05) is 52.5 Å². The molecule has 0 unspecified atom stereocenters. The van der Waals surface area contributed by atoms with Crippen LogP contribution < -0.4 is 4.72 Å². The lowest BCUT2D eigenvalue weighted by Crippen LogP contribution is -2.34. The third-order valence-corrected chi connectivity index (χ3v) is 8.31. The quantitative estimate of drug-likeness (QED) is 0.444. The molecule has 8 heteroatoms. The molecule has 1 N–H and O–H groups in total. The van der Waals surface area contributed by atoms with Crippen molar-refractivity contribution in [3.05, 3.63) is 70.8 Å². The zero-order valence-electron chi connectivity index (χ0n) is 19.1. The molecule has 6 nitrogen and oxygen atoms in total. The van der Waals surface area contributed by atoms with E-state index in [1.807, 2.05) is 13.8 Å². The van der Waals surface area contributed by atoms with Crippen LogP contribution in [0.2, 0.25) is 0 Å². The fourth-order valence-electron chi connectivity index (χ4n) is 2.81. The first-order valence-electron chi connectivity index (χ1n) is 10.2. The normalized spacial score (nSPS) is 12.8. The summed E-state index contributed by atoms with van der Waals surface area (Å²) in [5.41, 5.74) is 3.44. The fraction of sp³-hybridized carbons (Fsp3) is 0.333. The van der Waals surface area contributed by atoms with Gasteiger partial charge in [-0.25, -0.2) is 21.6 Å². The number of nitrogens with zero attached hydrogens (tertiary/aromatic N) is 1. The predicted molar refractivity (Wildman–Crippen MR) is 128 cm³/mol. The van der Waals surface area contributed by atoms with E-state index in [-0.39, 0.29) is 29.4 Å². The van der Waals surface area contributed by atoms with E-state index in [0.717, 1.165) is 22.3 Å². The van der Waals surface area contributed by atoms with Crippen LogP contribution in [0.3, 0.4) is 0 Å². The minimum absolute atomic E-state index is 0.0480. The minimum atomic E-state index is -3.75. The molecule has 32 heavy (non-hydrogen) atoms. The standard InChI is InChI=1S/C24H30N2O4S2/c1-6-7-16-26(32(29,30)24-14-10-20(3)11-15-24)18-22(5)21(4)17-25-31(27,28)23-12-8-19(2)9-13-23/h8-15,25H,16-18H2,1-5H3/b22-21-. The fourth-order valence-corrected chi connectivity index (χ4v) is 5.25. The van der Waals surface area contributed by atoms with E-state index in [2.05, 4.69) is 16.6 Å². The number of sulfonamides is 2. The molecule has 0 fully saturated rings. The third kappa shape index (κ3) is 6.78. The van der Waals surface area contributed by atoms with Crippen molar-refractivity contribution in [3.8, 4) is 11.8 Å². The van der Waals surface area contributed by atoms with Gasteiger partial charge in [0.05, 0.1) is 16.3 Å². The van der Waals surface area contributed by atoms with Crippen LogP contribution in [0.15, 0.2) is 69.5 Å². The van der Waals surface area contributed by atoms with E-state index in [0.29, 0.717) is 0 Å². The SMILES string of the molecule is CC#CCN(C/C(C)=C(/C)CNS(=O)(=O)c1ccc(C)cc1)S(=O)(=O)c1ccc(C)cc1. The summed E-state index contributed by atoms with van der Waals surface area (Å²) in [5.74, 6) is 5.56. The van der Waals surface area contributed by atoms with Gasteiger partial charge in [0.1, 0.15) is 0 Å². The number of aryl methyl sites for hydroxylation is 2. The summed E-state index contributed by atoms with van der Waals surface area (Å²) in [7, 11) is -7.41. The van der Waals surface area contributed by atoms with Crippen molar-refractivity contribution in [3.63, 3.8) is 0 Å². The highest BCUT2D eigenvalue weighted by Crippen LogP contribution is 2.19. The summed E-state index contributed by atoms with van der Waals surface area (Å²) in [6, 6.07) is 13.3. The molecule has 0 aliphatic carbocycles. The molecule has 0 saturated heterocycles. The lowest BCUT2D eigenvalue weighted by molar-refractivity contribution is 0.469. The van der Waals surface area contributed by atoms with Gasteiger partial charge in [-0.15, -0.1) is 5.92 Å². The molecule has 0 aliphatic heterocycles. The Morgan fingerprint density at radius 3 is 1.84 bits per heavy atom. The number of nitrogens with one attached hydrogen (secondary N) is 1. The summed E-state index contributed by atoms with van der Waals surface area (Å²) >= 11 is 0. The first kappa shape index (κ1) is 25.8. The maximum Gasteiger partial charge on any atom is 0.244 e. The van der Waals surface area contributed by atoms with Crippen LogP contribution in [0.4, 0.5) is 0 Å². The molecule has 0 radical (unpaired) electrons.